The van der Waals surface area contributed by atoms with Crippen molar-refractivity contribution in [2.75, 3.05) is 5.32 Å². The van der Waals surface area contributed by atoms with E-state index in [0.29, 0.717) is 4.47 Å². The van der Waals surface area contributed by atoms with Crippen LogP contribution in [0.5, 0.6) is 0 Å². The Morgan fingerprint density at radius 2 is 1.67 bits per heavy atom. The van der Waals surface area contributed by atoms with Gasteiger partial charge >= 0.3 is 0 Å². The van der Waals surface area contributed by atoms with E-state index in [1.165, 1.54) is 6.07 Å². The van der Waals surface area contributed by atoms with Crippen LogP contribution in [0.2, 0.25) is 0 Å². The zero-order valence-electron chi connectivity index (χ0n) is 10.2. The lowest BCUT2D eigenvalue weighted by Crippen LogP contribution is -2.14. The summed E-state index contributed by atoms with van der Waals surface area (Å²) in [7, 11) is 0. The fourth-order valence-electron chi connectivity index (χ4n) is 1.70. The van der Waals surface area contributed by atoms with Gasteiger partial charge < -0.3 is 11.1 Å². The van der Waals surface area contributed by atoms with E-state index in [-0.39, 0.29) is 22.3 Å². The Morgan fingerprint density at radius 3 is 2.19 bits per heavy atom. The van der Waals surface area contributed by atoms with E-state index >= 15 is 0 Å². The highest BCUT2D eigenvalue weighted by Gasteiger charge is 2.20. The lowest BCUT2D eigenvalue weighted by molar-refractivity contribution is 0.459. The molecular formula is C13H7BrF4N2S. The number of hydrogen-bond acceptors (Lipinski definition) is 2. The minimum absolute atomic E-state index is 0.0531. The minimum Gasteiger partial charge on any atom is -0.389 e. The molecule has 0 amide bonds. The van der Waals surface area contributed by atoms with Gasteiger partial charge in [-0.15, -0.1) is 0 Å². The van der Waals surface area contributed by atoms with Crippen molar-refractivity contribution in [3.8, 4) is 0 Å². The largest absolute Gasteiger partial charge is 0.389 e. The number of hydrogen-bond donors (Lipinski definition) is 2. The van der Waals surface area contributed by atoms with Crippen molar-refractivity contribution in [2.45, 2.75) is 0 Å². The summed E-state index contributed by atoms with van der Waals surface area (Å²) in [5.74, 6) is -6.10. The summed E-state index contributed by atoms with van der Waals surface area (Å²) in [5, 5.41) is 2.29. The van der Waals surface area contributed by atoms with E-state index in [4.69, 9.17) is 18.0 Å². The number of nitrogens with one attached hydrogen (secondary N) is 1. The smallest absolute Gasteiger partial charge is 0.185 e. The van der Waals surface area contributed by atoms with Gasteiger partial charge in [0.2, 0.25) is 0 Å². The first-order valence-electron chi connectivity index (χ1n) is 5.51. The Labute approximate surface area is 131 Å². The predicted molar refractivity (Wildman–Crippen MR) is 79.6 cm³/mol. The predicted octanol–water partition coefficient (Wildman–Crippen LogP) is 4.38. The second-order valence-electron chi connectivity index (χ2n) is 3.99. The summed E-state index contributed by atoms with van der Waals surface area (Å²) in [6, 6.07) is 4.70. The summed E-state index contributed by atoms with van der Waals surface area (Å²) >= 11 is 8.03. The molecule has 2 nitrogen and oxygen atoms in total. The Kier molecular flexibility index (Phi) is 4.48. The van der Waals surface area contributed by atoms with Gasteiger partial charge in [0.05, 0.1) is 5.69 Å². The number of halogens is 5. The lowest BCUT2D eigenvalue weighted by atomic mass is 10.1. The summed E-state index contributed by atoms with van der Waals surface area (Å²) in [5.41, 5.74) is 4.95. The molecule has 0 aliphatic heterocycles. The Hall–Kier alpha value is -1.67. The highest BCUT2D eigenvalue weighted by Crippen LogP contribution is 2.31. The van der Waals surface area contributed by atoms with Crippen LogP contribution in [0.15, 0.2) is 28.7 Å². The maximum absolute atomic E-state index is 13.6. The van der Waals surface area contributed by atoms with E-state index in [1.54, 1.807) is 12.1 Å². The van der Waals surface area contributed by atoms with E-state index in [9.17, 15) is 17.6 Å². The Bertz CT molecular complexity index is 710. The van der Waals surface area contributed by atoms with Gasteiger partial charge in [-0.2, -0.15) is 0 Å². The fraction of sp³-hybridized carbons (Fsp3) is 0. The molecule has 0 radical (unpaired) electrons. The molecule has 0 aliphatic rings. The maximum Gasteiger partial charge on any atom is 0.185 e. The molecule has 2 aromatic rings. The fourth-order valence-corrected chi connectivity index (χ4v) is 2.63. The summed E-state index contributed by atoms with van der Waals surface area (Å²) in [6.45, 7) is 0. The molecule has 8 heteroatoms. The second-order valence-corrected chi connectivity index (χ2v) is 5.29. The Balaban J connectivity index is 2.59. The summed E-state index contributed by atoms with van der Waals surface area (Å²) in [4.78, 5) is -0.0531. The number of thiocarbonyl (C=S) groups is 1. The van der Waals surface area contributed by atoms with E-state index in [2.05, 4.69) is 21.2 Å². The third-order valence-electron chi connectivity index (χ3n) is 2.63. The van der Waals surface area contributed by atoms with Crippen molar-refractivity contribution in [3.05, 3.63) is 57.6 Å². The van der Waals surface area contributed by atoms with Crippen molar-refractivity contribution < 1.29 is 17.6 Å². The summed E-state index contributed by atoms with van der Waals surface area (Å²) < 4.78 is 54.1. The van der Waals surface area contributed by atoms with Crippen molar-refractivity contribution in [1.82, 2.24) is 0 Å². The van der Waals surface area contributed by atoms with Crippen LogP contribution < -0.4 is 11.1 Å². The molecule has 3 N–H and O–H groups in total. The van der Waals surface area contributed by atoms with Crippen molar-refractivity contribution in [1.29, 1.82) is 0 Å². The molecule has 0 bridgehead atoms. The first-order chi connectivity index (χ1) is 9.82. The molecule has 0 atom stereocenters. The quantitative estimate of drug-likeness (QED) is 0.472. The van der Waals surface area contributed by atoms with Crippen LogP contribution in [0, 0.1) is 23.3 Å². The van der Waals surface area contributed by atoms with Crippen molar-refractivity contribution in [3.63, 3.8) is 0 Å². The molecule has 110 valence electrons. The van der Waals surface area contributed by atoms with Gasteiger partial charge in [-0.25, -0.2) is 17.6 Å². The average Bonchev–Trinajstić information content (AvgIpc) is 2.41. The van der Waals surface area contributed by atoms with Crippen LogP contribution in [0.4, 0.5) is 28.9 Å². The topological polar surface area (TPSA) is 38.0 Å². The zero-order valence-corrected chi connectivity index (χ0v) is 12.6. The summed E-state index contributed by atoms with van der Waals surface area (Å²) in [6.07, 6.45) is 0. The number of benzene rings is 2. The minimum atomic E-state index is -1.54. The van der Waals surface area contributed by atoms with Crippen LogP contribution in [-0.2, 0) is 0 Å². The molecule has 2 aromatic carbocycles. The van der Waals surface area contributed by atoms with Gasteiger partial charge in [-0.05, 0) is 28.1 Å². The van der Waals surface area contributed by atoms with Crippen molar-refractivity contribution >= 4 is 44.5 Å². The SMILES string of the molecule is NC(=S)c1c(Br)cccc1Nc1c(F)c(F)cc(F)c1F. The van der Waals surface area contributed by atoms with Gasteiger partial charge in [0.1, 0.15) is 10.7 Å². The standard InChI is InChI=1S/C13H7BrF4N2S/c14-5-2-1-3-8(9(5)13(19)21)20-12-10(17)6(15)4-7(16)11(12)18/h1-4,20H,(H2,19,21). The molecule has 0 unspecified atom stereocenters. The van der Waals surface area contributed by atoms with E-state index in [0.717, 1.165) is 0 Å². The van der Waals surface area contributed by atoms with E-state index < -0.39 is 29.0 Å². The zero-order chi connectivity index (χ0) is 15.7. The van der Waals surface area contributed by atoms with Crippen LogP contribution in [0.3, 0.4) is 0 Å². The molecule has 0 spiro atoms. The normalized spacial score (nSPS) is 10.5. The average molecular weight is 379 g/mol. The van der Waals surface area contributed by atoms with Crippen LogP contribution in [0.1, 0.15) is 5.56 Å². The van der Waals surface area contributed by atoms with Crippen LogP contribution in [-0.4, -0.2) is 4.99 Å². The third-order valence-corrected chi connectivity index (χ3v) is 3.50. The monoisotopic (exact) mass is 378 g/mol. The van der Waals surface area contributed by atoms with Crippen LogP contribution in [0.25, 0.3) is 0 Å². The van der Waals surface area contributed by atoms with Gasteiger partial charge in [0, 0.05) is 16.1 Å². The van der Waals surface area contributed by atoms with Gasteiger partial charge in [-0.3, -0.25) is 0 Å². The second kappa shape index (κ2) is 5.98. The first-order valence-corrected chi connectivity index (χ1v) is 6.71. The Morgan fingerprint density at radius 1 is 1.10 bits per heavy atom. The van der Waals surface area contributed by atoms with Gasteiger partial charge in [0.15, 0.2) is 23.3 Å². The lowest BCUT2D eigenvalue weighted by Gasteiger charge is -2.14. The number of anilines is 2. The highest BCUT2D eigenvalue weighted by molar-refractivity contribution is 9.10. The van der Waals surface area contributed by atoms with Crippen LogP contribution >= 0.6 is 28.1 Å². The molecule has 0 aliphatic carbocycles. The van der Waals surface area contributed by atoms with Gasteiger partial charge in [0.25, 0.3) is 0 Å². The van der Waals surface area contributed by atoms with E-state index in [1.807, 2.05) is 0 Å². The molecule has 0 fully saturated rings. The number of nitrogens with two attached hydrogens (primary N) is 1. The molecule has 0 aromatic heterocycles. The molecular weight excluding hydrogens is 372 g/mol. The molecule has 2 rings (SSSR count). The molecule has 0 saturated heterocycles. The number of rotatable bonds is 3. The molecule has 21 heavy (non-hydrogen) atoms. The molecule has 0 heterocycles. The van der Waals surface area contributed by atoms with Crippen molar-refractivity contribution in [2.24, 2.45) is 5.73 Å². The first kappa shape index (κ1) is 15.7. The third kappa shape index (κ3) is 3.01. The maximum atomic E-state index is 13.6. The van der Waals surface area contributed by atoms with Gasteiger partial charge in [-0.1, -0.05) is 18.3 Å². The molecule has 0 saturated carbocycles. The highest BCUT2D eigenvalue weighted by atomic mass is 79.9.